The Labute approximate surface area is 235 Å². The summed E-state index contributed by atoms with van der Waals surface area (Å²) in [6, 6.07) is 20.9. The van der Waals surface area contributed by atoms with E-state index in [9.17, 15) is 19.5 Å². The molecule has 210 valence electrons. The number of benzene rings is 2. The second-order valence-corrected chi connectivity index (χ2v) is 11.6. The highest BCUT2D eigenvalue weighted by molar-refractivity contribution is 6.00. The lowest BCUT2D eigenvalue weighted by molar-refractivity contribution is -0.160. The number of hydrogen-bond donors (Lipinski definition) is 2. The van der Waals surface area contributed by atoms with Gasteiger partial charge in [-0.1, -0.05) is 80.4 Å². The minimum atomic E-state index is -1.16. The molecule has 2 fully saturated rings. The van der Waals surface area contributed by atoms with E-state index in [4.69, 9.17) is 0 Å². The Kier molecular flexibility index (Phi) is 7.95. The summed E-state index contributed by atoms with van der Waals surface area (Å²) in [4.78, 5) is 41.6. The Morgan fingerprint density at radius 2 is 1.65 bits per heavy atom. The van der Waals surface area contributed by atoms with Gasteiger partial charge in [-0.25, -0.2) is 0 Å². The minimum absolute atomic E-state index is 0.0906. The van der Waals surface area contributed by atoms with Gasteiger partial charge in [0.2, 0.25) is 5.91 Å². The molecule has 1 saturated heterocycles. The van der Waals surface area contributed by atoms with Crippen molar-refractivity contribution >= 4 is 11.8 Å². The lowest BCUT2D eigenvalue weighted by Crippen LogP contribution is -2.62. The summed E-state index contributed by atoms with van der Waals surface area (Å²) in [5.74, 6) is -0.0713. The number of amides is 2. The van der Waals surface area contributed by atoms with Crippen LogP contribution in [-0.4, -0.2) is 52.1 Å². The second-order valence-electron chi connectivity index (χ2n) is 11.6. The molecule has 2 N–H and O–H groups in total. The number of carbonyl (C=O) groups is 2. The predicted molar refractivity (Wildman–Crippen MR) is 156 cm³/mol. The fourth-order valence-electron chi connectivity index (χ4n) is 6.75. The van der Waals surface area contributed by atoms with Crippen molar-refractivity contribution in [1.82, 2.24) is 14.8 Å². The molecule has 3 aromatic rings. The number of hydrogen-bond acceptors (Lipinski definition) is 4. The van der Waals surface area contributed by atoms with Crippen LogP contribution in [0.25, 0.3) is 11.1 Å². The molecule has 1 aliphatic carbocycles. The highest BCUT2D eigenvalue weighted by Gasteiger charge is 2.55. The van der Waals surface area contributed by atoms with Crippen LogP contribution in [0.4, 0.5) is 0 Å². The SMILES string of the molecule is CNC(=O)c1cn(CC2(O)CCN(C(=O)C[C@@H](C)c3ccccc3)CC23CCCC3)c(=O)cc1-c1ccccc1. The molecule has 1 aliphatic heterocycles. The maximum atomic E-state index is 13.4. The van der Waals surface area contributed by atoms with Crippen LogP contribution in [0.1, 0.15) is 67.3 Å². The van der Waals surface area contributed by atoms with Crippen LogP contribution in [-0.2, 0) is 11.3 Å². The van der Waals surface area contributed by atoms with Gasteiger partial charge in [-0.3, -0.25) is 14.4 Å². The molecule has 7 heteroatoms. The molecule has 40 heavy (non-hydrogen) atoms. The summed E-state index contributed by atoms with van der Waals surface area (Å²) in [5.41, 5.74) is 0.975. The second kappa shape index (κ2) is 11.4. The Bertz CT molecular complexity index is 1410. The highest BCUT2D eigenvalue weighted by atomic mass is 16.3. The number of piperidine rings is 1. The van der Waals surface area contributed by atoms with Crippen molar-refractivity contribution in [3.05, 3.63) is 94.4 Å². The minimum Gasteiger partial charge on any atom is -0.387 e. The van der Waals surface area contributed by atoms with Crippen molar-refractivity contribution in [2.24, 2.45) is 5.41 Å². The van der Waals surface area contributed by atoms with Crippen LogP contribution in [0.3, 0.4) is 0 Å². The van der Waals surface area contributed by atoms with Crippen molar-refractivity contribution in [1.29, 1.82) is 0 Å². The zero-order chi connectivity index (χ0) is 28.3. The molecule has 0 radical (unpaired) electrons. The summed E-state index contributed by atoms with van der Waals surface area (Å²) in [7, 11) is 1.57. The van der Waals surface area contributed by atoms with Crippen molar-refractivity contribution in [2.45, 2.75) is 63.5 Å². The summed E-state index contributed by atoms with van der Waals surface area (Å²) < 4.78 is 1.49. The average Bonchev–Trinajstić information content (AvgIpc) is 3.46. The van der Waals surface area contributed by atoms with E-state index in [1.165, 1.54) is 10.6 Å². The fourth-order valence-corrected chi connectivity index (χ4v) is 6.75. The molecule has 1 spiro atoms. The smallest absolute Gasteiger partial charge is 0.253 e. The van der Waals surface area contributed by atoms with Gasteiger partial charge in [0.25, 0.3) is 11.5 Å². The van der Waals surface area contributed by atoms with Crippen LogP contribution in [0, 0.1) is 5.41 Å². The normalized spacial score (nSPS) is 20.8. The molecule has 2 aromatic carbocycles. The number of carbonyl (C=O) groups excluding carboxylic acids is 2. The Balaban J connectivity index is 1.41. The third-order valence-electron chi connectivity index (χ3n) is 9.15. The van der Waals surface area contributed by atoms with Crippen LogP contribution in [0.5, 0.6) is 0 Å². The Morgan fingerprint density at radius 1 is 1.00 bits per heavy atom. The molecular weight excluding hydrogens is 502 g/mol. The zero-order valence-corrected chi connectivity index (χ0v) is 23.4. The first-order valence-electron chi connectivity index (χ1n) is 14.3. The topological polar surface area (TPSA) is 91.6 Å². The molecule has 1 unspecified atom stereocenters. The van der Waals surface area contributed by atoms with Gasteiger partial charge in [0.1, 0.15) is 0 Å². The van der Waals surface area contributed by atoms with E-state index >= 15 is 0 Å². The molecule has 0 bridgehead atoms. The standard InChI is InChI=1S/C33H39N3O4/c1-24(25-11-5-3-6-12-25)19-29(37)35-18-17-33(40,32(22-35)15-9-10-16-32)23-36-21-28(31(39)34-2)27(20-30(36)38)26-13-7-4-8-14-26/h3-8,11-14,20-21,24,40H,9-10,15-19,22-23H2,1-2H3,(H,34,39)/t24-,33?/m1/s1. The van der Waals surface area contributed by atoms with E-state index in [1.807, 2.05) is 53.4 Å². The van der Waals surface area contributed by atoms with Crippen LogP contribution < -0.4 is 10.9 Å². The Morgan fingerprint density at radius 3 is 2.30 bits per heavy atom. The van der Waals surface area contributed by atoms with Crippen molar-refractivity contribution in [3.8, 4) is 11.1 Å². The van der Waals surface area contributed by atoms with E-state index in [1.54, 1.807) is 13.2 Å². The number of likely N-dealkylation sites (tertiary alicyclic amines) is 1. The third-order valence-corrected chi connectivity index (χ3v) is 9.15. The van der Waals surface area contributed by atoms with Crippen LogP contribution >= 0.6 is 0 Å². The first kappa shape index (κ1) is 27.8. The maximum Gasteiger partial charge on any atom is 0.253 e. The van der Waals surface area contributed by atoms with E-state index in [0.717, 1.165) is 36.8 Å². The van der Waals surface area contributed by atoms with Gasteiger partial charge in [-0.2, -0.15) is 0 Å². The van der Waals surface area contributed by atoms with E-state index < -0.39 is 11.0 Å². The van der Waals surface area contributed by atoms with E-state index in [-0.39, 0.29) is 29.8 Å². The molecule has 5 rings (SSSR count). The quantitative estimate of drug-likeness (QED) is 0.458. The maximum absolute atomic E-state index is 13.4. The average molecular weight is 542 g/mol. The van der Waals surface area contributed by atoms with Gasteiger partial charge in [0.05, 0.1) is 17.7 Å². The summed E-state index contributed by atoms with van der Waals surface area (Å²) in [6.07, 6.45) is 5.98. The van der Waals surface area contributed by atoms with Gasteiger partial charge < -0.3 is 19.9 Å². The number of nitrogens with zero attached hydrogens (tertiary/aromatic N) is 2. The van der Waals surface area contributed by atoms with Gasteiger partial charge >= 0.3 is 0 Å². The van der Waals surface area contributed by atoms with Gasteiger partial charge in [0, 0.05) is 49.8 Å². The van der Waals surface area contributed by atoms with Crippen molar-refractivity contribution in [2.75, 3.05) is 20.1 Å². The van der Waals surface area contributed by atoms with Crippen molar-refractivity contribution in [3.63, 3.8) is 0 Å². The van der Waals surface area contributed by atoms with Crippen molar-refractivity contribution < 1.29 is 14.7 Å². The number of nitrogens with one attached hydrogen (secondary N) is 1. The Hall–Kier alpha value is -3.71. The molecule has 2 heterocycles. The van der Waals surface area contributed by atoms with Crippen LogP contribution in [0.2, 0.25) is 0 Å². The molecule has 2 aliphatic rings. The summed E-state index contributed by atoms with van der Waals surface area (Å²) >= 11 is 0. The molecule has 1 aromatic heterocycles. The molecule has 2 atom stereocenters. The highest BCUT2D eigenvalue weighted by Crippen LogP contribution is 2.51. The summed E-state index contributed by atoms with van der Waals surface area (Å²) in [5, 5.41) is 14.9. The zero-order valence-electron chi connectivity index (χ0n) is 23.4. The van der Waals surface area contributed by atoms with E-state index in [2.05, 4.69) is 24.4 Å². The largest absolute Gasteiger partial charge is 0.387 e. The first-order chi connectivity index (χ1) is 19.2. The lowest BCUT2D eigenvalue weighted by atomic mass is 9.65. The van der Waals surface area contributed by atoms with E-state index in [0.29, 0.717) is 37.1 Å². The number of aliphatic hydroxyl groups is 1. The molecule has 2 amide bonds. The fraction of sp³-hybridized carbons (Fsp3) is 0.424. The number of rotatable bonds is 7. The third kappa shape index (κ3) is 5.35. The monoisotopic (exact) mass is 541 g/mol. The molecular formula is C33H39N3O4. The lowest BCUT2D eigenvalue weighted by Gasteiger charge is -2.52. The first-order valence-corrected chi connectivity index (χ1v) is 14.3. The van der Waals surface area contributed by atoms with Gasteiger partial charge in [0.15, 0.2) is 0 Å². The predicted octanol–water partition coefficient (Wildman–Crippen LogP) is 4.59. The number of pyridine rings is 1. The summed E-state index contributed by atoms with van der Waals surface area (Å²) in [6.45, 7) is 3.10. The van der Waals surface area contributed by atoms with Gasteiger partial charge in [-0.05, 0) is 36.3 Å². The molecule has 7 nitrogen and oxygen atoms in total. The molecule has 1 saturated carbocycles. The number of aromatic nitrogens is 1. The van der Waals surface area contributed by atoms with Gasteiger partial charge in [-0.15, -0.1) is 0 Å². The van der Waals surface area contributed by atoms with Crippen LogP contribution in [0.15, 0.2) is 77.7 Å².